The molecule has 1 aliphatic heterocycles. The quantitative estimate of drug-likeness (QED) is 0.544. The van der Waals surface area contributed by atoms with Gasteiger partial charge < -0.3 is 5.32 Å². The van der Waals surface area contributed by atoms with E-state index in [1.165, 1.54) is 16.9 Å². The summed E-state index contributed by atoms with van der Waals surface area (Å²) in [5, 5.41) is 8.63. The van der Waals surface area contributed by atoms with Crippen LogP contribution in [0.1, 0.15) is 11.1 Å². The lowest BCUT2D eigenvalue weighted by atomic mass is 10.2. The maximum atomic E-state index is 12.9. The number of hydrogen-bond donors (Lipinski definition) is 1. The number of anilines is 2. The number of aromatic nitrogens is 2. The van der Waals surface area contributed by atoms with Crippen molar-refractivity contribution in [3.8, 4) is 0 Å². The molecule has 1 aromatic heterocycles. The molecular weight excluding hydrogens is 450 g/mol. The molecule has 0 saturated carbocycles. The van der Waals surface area contributed by atoms with Gasteiger partial charge in [0, 0.05) is 31.9 Å². The number of piperazine rings is 1. The van der Waals surface area contributed by atoms with E-state index in [4.69, 9.17) is 12.2 Å². The smallest absolute Gasteiger partial charge is 0.243 e. The van der Waals surface area contributed by atoms with Crippen molar-refractivity contribution >= 4 is 44.4 Å². The molecule has 7 nitrogen and oxygen atoms in total. The van der Waals surface area contributed by atoms with Crippen LogP contribution >= 0.6 is 23.6 Å². The zero-order valence-electron chi connectivity index (χ0n) is 17.5. The summed E-state index contributed by atoms with van der Waals surface area (Å²) in [6.45, 7) is 6.69. The predicted octanol–water partition coefficient (Wildman–Crippen LogP) is 4.00. The number of aryl methyl sites for hydroxylation is 2. The third-order valence-electron chi connectivity index (χ3n) is 5.23. The van der Waals surface area contributed by atoms with Gasteiger partial charge >= 0.3 is 0 Å². The van der Waals surface area contributed by atoms with Gasteiger partial charge in [-0.2, -0.15) is 4.31 Å². The summed E-state index contributed by atoms with van der Waals surface area (Å²) in [4.78, 5) is 2.52. The highest BCUT2D eigenvalue weighted by Crippen LogP contribution is 2.22. The second-order valence-corrected chi connectivity index (χ2v) is 11.2. The molecule has 1 aliphatic rings. The molecule has 1 fully saturated rings. The third kappa shape index (κ3) is 5.21. The SMILES string of the molecule is Cc1ccc(Nc2nn(CN3CCN(S(=O)(=O)c4ccc(C)cc4)CC3)c(=S)s2)cc1. The zero-order valence-corrected chi connectivity index (χ0v) is 19.9. The van der Waals surface area contributed by atoms with E-state index < -0.39 is 10.0 Å². The number of benzene rings is 2. The minimum atomic E-state index is -3.46. The molecule has 0 spiro atoms. The lowest BCUT2D eigenvalue weighted by molar-refractivity contribution is 0.145. The molecule has 31 heavy (non-hydrogen) atoms. The zero-order chi connectivity index (χ0) is 22.0. The van der Waals surface area contributed by atoms with Gasteiger partial charge in [0.2, 0.25) is 15.2 Å². The summed E-state index contributed by atoms with van der Waals surface area (Å²) in [6.07, 6.45) is 0. The molecule has 3 aromatic rings. The standard InChI is InChI=1S/C21H25N5O2S3/c1-16-3-7-18(8-4-16)22-20-23-26(21(29)30-20)15-24-11-13-25(14-12-24)31(27,28)19-9-5-17(2)6-10-19/h3-10H,11-15H2,1-2H3,(H,22,23). The fraction of sp³-hybridized carbons (Fsp3) is 0.333. The lowest BCUT2D eigenvalue weighted by Gasteiger charge is -2.33. The number of hydrogen-bond acceptors (Lipinski definition) is 7. The highest BCUT2D eigenvalue weighted by molar-refractivity contribution is 7.89. The molecule has 10 heteroatoms. The minimum Gasteiger partial charge on any atom is -0.330 e. The molecule has 0 aliphatic carbocycles. The van der Waals surface area contributed by atoms with Gasteiger partial charge in [-0.05, 0) is 50.3 Å². The van der Waals surface area contributed by atoms with Crippen molar-refractivity contribution in [2.75, 3.05) is 31.5 Å². The van der Waals surface area contributed by atoms with E-state index in [1.54, 1.807) is 21.1 Å². The average molecular weight is 476 g/mol. The summed E-state index contributed by atoms with van der Waals surface area (Å²) in [7, 11) is -3.46. The highest BCUT2D eigenvalue weighted by Gasteiger charge is 2.28. The molecule has 0 bridgehead atoms. The van der Waals surface area contributed by atoms with Crippen molar-refractivity contribution in [3.63, 3.8) is 0 Å². The maximum absolute atomic E-state index is 12.9. The van der Waals surface area contributed by atoms with E-state index in [0.29, 0.717) is 41.7 Å². The number of sulfonamides is 1. The van der Waals surface area contributed by atoms with Gasteiger partial charge in [0.1, 0.15) is 0 Å². The summed E-state index contributed by atoms with van der Waals surface area (Å²) in [6, 6.07) is 15.1. The van der Waals surface area contributed by atoms with Crippen LogP contribution in [0.15, 0.2) is 53.4 Å². The molecule has 4 rings (SSSR count). The topological polar surface area (TPSA) is 70.5 Å². The van der Waals surface area contributed by atoms with Crippen LogP contribution in [0, 0.1) is 17.8 Å². The van der Waals surface area contributed by atoms with E-state index in [0.717, 1.165) is 16.4 Å². The normalized spacial score (nSPS) is 15.8. The summed E-state index contributed by atoms with van der Waals surface area (Å²) < 4.78 is 29.8. The Labute approximate surface area is 192 Å². The summed E-state index contributed by atoms with van der Waals surface area (Å²) in [5.41, 5.74) is 3.21. The first kappa shape index (κ1) is 22.1. The Bertz CT molecular complexity index is 1190. The summed E-state index contributed by atoms with van der Waals surface area (Å²) in [5.74, 6) is 0. The van der Waals surface area contributed by atoms with Crippen LogP contribution in [0.5, 0.6) is 0 Å². The van der Waals surface area contributed by atoms with Crippen molar-refractivity contribution in [2.24, 2.45) is 0 Å². The van der Waals surface area contributed by atoms with Gasteiger partial charge in [-0.1, -0.05) is 46.7 Å². The molecule has 0 atom stereocenters. The van der Waals surface area contributed by atoms with Crippen molar-refractivity contribution in [1.82, 2.24) is 19.0 Å². The van der Waals surface area contributed by atoms with Crippen LogP contribution in [-0.4, -0.2) is 53.6 Å². The Morgan fingerprint density at radius 3 is 2.16 bits per heavy atom. The molecule has 1 N–H and O–H groups in total. The molecule has 0 radical (unpaired) electrons. The Morgan fingerprint density at radius 1 is 0.968 bits per heavy atom. The van der Waals surface area contributed by atoms with E-state index in [9.17, 15) is 8.42 Å². The fourth-order valence-electron chi connectivity index (χ4n) is 3.37. The number of rotatable bonds is 6. The molecule has 2 aromatic carbocycles. The molecular formula is C21H25N5O2S3. The number of nitrogens with zero attached hydrogens (tertiary/aromatic N) is 4. The van der Waals surface area contributed by atoms with E-state index in [-0.39, 0.29) is 0 Å². The first-order valence-electron chi connectivity index (χ1n) is 10.0. The molecule has 0 amide bonds. The van der Waals surface area contributed by atoms with Gasteiger partial charge in [-0.3, -0.25) is 4.90 Å². The van der Waals surface area contributed by atoms with E-state index in [1.807, 2.05) is 50.2 Å². The van der Waals surface area contributed by atoms with Crippen LogP contribution in [0.25, 0.3) is 0 Å². The largest absolute Gasteiger partial charge is 0.330 e. The van der Waals surface area contributed by atoms with Gasteiger partial charge in [0.05, 0.1) is 11.6 Å². The first-order chi connectivity index (χ1) is 14.8. The Balaban J connectivity index is 1.37. The van der Waals surface area contributed by atoms with Gasteiger partial charge in [-0.25, -0.2) is 13.1 Å². The van der Waals surface area contributed by atoms with Gasteiger partial charge in [0.15, 0.2) is 3.95 Å². The maximum Gasteiger partial charge on any atom is 0.243 e. The van der Waals surface area contributed by atoms with Crippen LogP contribution in [-0.2, 0) is 16.7 Å². The van der Waals surface area contributed by atoms with Gasteiger partial charge in [-0.15, -0.1) is 5.10 Å². The molecule has 0 unspecified atom stereocenters. The molecule has 1 saturated heterocycles. The van der Waals surface area contributed by atoms with E-state index in [2.05, 4.69) is 15.3 Å². The van der Waals surface area contributed by atoms with Crippen molar-refractivity contribution in [1.29, 1.82) is 0 Å². The van der Waals surface area contributed by atoms with Crippen LogP contribution in [0.4, 0.5) is 10.8 Å². The Hall–Kier alpha value is -2.11. The molecule has 2 heterocycles. The second kappa shape index (κ2) is 9.17. The first-order valence-corrected chi connectivity index (χ1v) is 12.7. The van der Waals surface area contributed by atoms with E-state index >= 15 is 0 Å². The number of nitrogens with one attached hydrogen (secondary N) is 1. The predicted molar refractivity (Wildman–Crippen MR) is 127 cm³/mol. The monoisotopic (exact) mass is 475 g/mol. The second-order valence-electron chi connectivity index (χ2n) is 7.64. The Kier molecular flexibility index (Phi) is 6.54. The van der Waals surface area contributed by atoms with Crippen LogP contribution in [0.3, 0.4) is 0 Å². The summed E-state index contributed by atoms with van der Waals surface area (Å²) >= 11 is 6.91. The minimum absolute atomic E-state index is 0.347. The van der Waals surface area contributed by atoms with Crippen molar-refractivity contribution < 1.29 is 8.42 Å². The average Bonchev–Trinajstić information content (AvgIpc) is 3.09. The Morgan fingerprint density at radius 2 is 1.55 bits per heavy atom. The van der Waals surface area contributed by atoms with Crippen LogP contribution in [0.2, 0.25) is 0 Å². The van der Waals surface area contributed by atoms with Gasteiger partial charge in [0.25, 0.3) is 0 Å². The fourth-order valence-corrected chi connectivity index (χ4v) is 5.80. The third-order valence-corrected chi connectivity index (χ3v) is 8.37. The highest BCUT2D eigenvalue weighted by atomic mass is 32.2. The lowest BCUT2D eigenvalue weighted by Crippen LogP contribution is -2.48. The van der Waals surface area contributed by atoms with Crippen molar-refractivity contribution in [2.45, 2.75) is 25.4 Å². The van der Waals surface area contributed by atoms with Crippen molar-refractivity contribution in [3.05, 3.63) is 63.6 Å². The van der Waals surface area contributed by atoms with Crippen LogP contribution < -0.4 is 5.32 Å². The molecule has 164 valence electrons.